The summed E-state index contributed by atoms with van der Waals surface area (Å²) in [6.45, 7) is 7.39. The second kappa shape index (κ2) is 7.66. The second-order valence-electron chi connectivity index (χ2n) is 8.40. The van der Waals surface area contributed by atoms with E-state index in [4.69, 9.17) is 4.74 Å². The lowest BCUT2D eigenvalue weighted by Gasteiger charge is -2.31. The number of anilines is 3. The summed E-state index contributed by atoms with van der Waals surface area (Å²) in [6, 6.07) is 13.5. The molecule has 0 unspecified atom stereocenters. The van der Waals surface area contributed by atoms with Crippen molar-refractivity contribution in [3.05, 3.63) is 42.5 Å². The second-order valence-corrected chi connectivity index (χ2v) is 10.4. The van der Waals surface area contributed by atoms with Gasteiger partial charge in [0.1, 0.15) is 5.75 Å². The minimum atomic E-state index is -3.37. The van der Waals surface area contributed by atoms with Crippen LogP contribution in [0, 0.1) is 5.41 Å². The van der Waals surface area contributed by atoms with Crippen molar-refractivity contribution in [3.8, 4) is 5.75 Å². The molecule has 0 bridgehead atoms. The van der Waals surface area contributed by atoms with Gasteiger partial charge in [0.25, 0.3) is 0 Å². The first kappa shape index (κ1) is 20.5. The molecule has 2 aromatic carbocycles. The molecule has 1 aliphatic rings. The van der Waals surface area contributed by atoms with Crippen LogP contribution in [-0.2, 0) is 9.84 Å². The summed E-state index contributed by atoms with van der Waals surface area (Å²) >= 11 is 0. The average Bonchev–Trinajstić information content (AvgIpc) is 2.71. The molecule has 152 valence electrons. The Kier molecular flexibility index (Phi) is 5.62. The van der Waals surface area contributed by atoms with Gasteiger partial charge < -0.3 is 14.5 Å². The molecule has 5 nitrogen and oxygen atoms in total. The van der Waals surface area contributed by atoms with Crippen molar-refractivity contribution in [2.24, 2.45) is 5.41 Å². The topological polar surface area (TPSA) is 49.9 Å². The number of rotatable bonds is 5. The number of ether oxygens (including phenoxy) is 1. The van der Waals surface area contributed by atoms with Crippen LogP contribution in [0.3, 0.4) is 0 Å². The summed E-state index contributed by atoms with van der Waals surface area (Å²) < 4.78 is 31.9. The van der Waals surface area contributed by atoms with E-state index in [1.165, 1.54) is 0 Å². The van der Waals surface area contributed by atoms with Gasteiger partial charge in [-0.3, -0.25) is 0 Å². The Bertz CT molecular complexity index is 935. The molecule has 0 atom stereocenters. The molecule has 1 heterocycles. The quantitative estimate of drug-likeness (QED) is 0.737. The van der Waals surface area contributed by atoms with E-state index in [1.807, 2.05) is 69.2 Å². The average molecular weight is 403 g/mol. The fraction of sp³-hybridized carbons (Fsp3) is 0.455. The van der Waals surface area contributed by atoms with Crippen molar-refractivity contribution >= 4 is 26.9 Å². The molecule has 0 fully saturated rings. The van der Waals surface area contributed by atoms with Gasteiger partial charge in [-0.15, -0.1) is 0 Å². The third-order valence-corrected chi connectivity index (χ3v) is 7.05. The van der Waals surface area contributed by atoms with Crippen LogP contribution in [0.2, 0.25) is 0 Å². The van der Waals surface area contributed by atoms with Crippen molar-refractivity contribution in [2.45, 2.75) is 32.1 Å². The maximum Gasteiger partial charge on any atom is 0.181 e. The summed E-state index contributed by atoms with van der Waals surface area (Å²) in [5.74, 6) is 0.956. The lowest BCUT2D eigenvalue weighted by Crippen LogP contribution is -2.33. The van der Waals surface area contributed by atoms with Crippen molar-refractivity contribution in [1.82, 2.24) is 0 Å². The largest absolute Gasteiger partial charge is 0.494 e. The number of hydrogen-bond acceptors (Lipinski definition) is 5. The highest BCUT2D eigenvalue weighted by atomic mass is 32.2. The number of nitrogens with zero attached hydrogens (tertiary/aromatic N) is 2. The summed E-state index contributed by atoms with van der Waals surface area (Å²) in [5, 5.41) is 0. The fourth-order valence-electron chi connectivity index (χ4n) is 3.58. The van der Waals surface area contributed by atoms with E-state index in [9.17, 15) is 8.42 Å². The first-order valence-electron chi connectivity index (χ1n) is 9.67. The molecule has 0 saturated carbocycles. The van der Waals surface area contributed by atoms with E-state index in [2.05, 4.69) is 11.8 Å². The zero-order chi connectivity index (χ0) is 20.5. The molecule has 1 aliphatic heterocycles. The summed E-state index contributed by atoms with van der Waals surface area (Å²) in [4.78, 5) is 4.51. The molecule has 0 saturated heterocycles. The van der Waals surface area contributed by atoms with Crippen LogP contribution in [-0.4, -0.2) is 41.4 Å². The molecule has 0 amide bonds. The molecule has 28 heavy (non-hydrogen) atoms. The van der Waals surface area contributed by atoms with E-state index >= 15 is 0 Å². The van der Waals surface area contributed by atoms with Crippen LogP contribution in [0.25, 0.3) is 0 Å². The minimum absolute atomic E-state index is 0.127. The summed E-state index contributed by atoms with van der Waals surface area (Å²) in [7, 11) is 0.544. The Morgan fingerprint density at radius 3 is 2.39 bits per heavy atom. The van der Waals surface area contributed by atoms with Gasteiger partial charge in [0.2, 0.25) is 0 Å². The molecule has 0 N–H and O–H groups in total. The van der Waals surface area contributed by atoms with Crippen LogP contribution in [0.1, 0.15) is 27.2 Å². The fourth-order valence-corrected chi connectivity index (χ4v) is 5.62. The standard InChI is InChI=1S/C22H30N2O3S/c1-6-13-27-19-10-7-17(8-11-19)24-15-22(2,3)16-28(25,26)21-12-9-18(23(4)5)14-20(21)24/h7-12,14H,6,13,15-16H2,1-5H3. The molecule has 0 aliphatic carbocycles. The number of fused-ring (bicyclic) bond motifs is 1. The maximum atomic E-state index is 13.1. The Labute approximate surface area is 168 Å². The van der Waals surface area contributed by atoms with Crippen LogP contribution >= 0.6 is 0 Å². The van der Waals surface area contributed by atoms with Gasteiger partial charge in [-0.2, -0.15) is 0 Å². The number of benzene rings is 2. The highest BCUT2D eigenvalue weighted by Gasteiger charge is 2.37. The lowest BCUT2D eigenvalue weighted by molar-refractivity contribution is 0.317. The van der Waals surface area contributed by atoms with Crippen LogP contribution < -0.4 is 14.5 Å². The first-order chi connectivity index (χ1) is 13.1. The van der Waals surface area contributed by atoms with Gasteiger partial charge in [0.05, 0.1) is 22.9 Å². The summed E-state index contributed by atoms with van der Waals surface area (Å²) in [5.41, 5.74) is 2.29. The molecule has 0 aromatic heterocycles. The Morgan fingerprint density at radius 2 is 1.79 bits per heavy atom. The maximum absolute atomic E-state index is 13.1. The first-order valence-corrected chi connectivity index (χ1v) is 11.3. The molecule has 2 aromatic rings. The zero-order valence-electron chi connectivity index (χ0n) is 17.4. The van der Waals surface area contributed by atoms with Gasteiger partial charge in [0, 0.05) is 32.0 Å². The number of hydrogen-bond donors (Lipinski definition) is 0. The van der Waals surface area contributed by atoms with E-state index < -0.39 is 9.84 Å². The predicted octanol–water partition coefficient (Wildman–Crippen LogP) is 4.49. The Hall–Kier alpha value is -2.21. The van der Waals surface area contributed by atoms with Crippen LogP contribution in [0.15, 0.2) is 47.4 Å². The van der Waals surface area contributed by atoms with Crippen molar-refractivity contribution in [3.63, 3.8) is 0 Å². The molecule has 0 spiro atoms. The van der Waals surface area contributed by atoms with E-state index in [1.54, 1.807) is 6.07 Å². The zero-order valence-corrected chi connectivity index (χ0v) is 18.2. The highest BCUT2D eigenvalue weighted by molar-refractivity contribution is 7.91. The van der Waals surface area contributed by atoms with E-state index in [0.29, 0.717) is 18.0 Å². The third-order valence-electron chi connectivity index (χ3n) is 4.87. The Morgan fingerprint density at radius 1 is 1.11 bits per heavy atom. The molecule has 6 heteroatoms. The SMILES string of the molecule is CCCOc1ccc(N2CC(C)(C)CS(=O)(=O)c3ccc(N(C)C)cc32)cc1. The van der Waals surface area contributed by atoms with Gasteiger partial charge in [0.15, 0.2) is 9.84 Å². The smallest absolute Gasteiger partial charge is 0.181 e. The van der Waals surface area contributed by atoms with Crippen molar-refractivity contribution in [2.75, 3.05) is 42.8 Å². The van der Waals surface area contributed by atoms with Gasteiger partial charge in [-0.1, -0.05) is 20.8 Å². The van der Waals surface area contributed by atoms with Crippen molar-refractivity contribution in [1.29, 1.82) is 0 Å². The molecule has 3 rings (SSSR count). The van der Waals surface area contributed by atoms with Crippen LogP contribution in [0.5, 0.6) is 5.75 Å². The monoisotopic (exact) mass is 402 g/mol. The highest BCUT2D eigenvalue weighted by Crippen LogP contribution is 2.41. The van der Waals surface area contributed by atoms with Gasteiger partial charge in [-0.25, -0.2) is 8.42 Å². The van der Waals surface area contributed by atoms with E-state index in [0.717, 1.165) is 29.2 Å². The van der Waals surface area contributed by atoms with Crippen LogP contribution in [0.4, 0.5) is 17.1 Å². The third kappa shape index (κ3) is 4.27. The van der Waals surface area contributed by atoms with Gasteiger partial charge in [-0.05, 0) is 54.3 Å². The van der Waals surface area contributed by atoms with Crippen molar-refractivity contribution < 1.29 is 13.2 Å². The minimum Gasteiger partial charge on any atom is -0.494 e. The molecular weight excluding hydrogens is 372 g/mol. The summed E-state index contributed by atoms with van der Waals surface area (Å²) in [6.07, 6.45) is 0.959. The van der Waals surface area contributed by atoms with Gasteiger partial charge >= 0.3 is 0 Å². The Balaban J connectivity index is 2.12. The van der Waals surface area contributed by atoms with E-state index in [-0.39, 0.29) is 11.2 Å². The molecule has 0 radical (unpaired) electrons. The lowest BCUT2D eigenvalue weighted by atomic mass is 9.95. The molecular formula is C22H30N2O3S. The number of sulfone groups is 1. The normalized spacial score (nSPS) is 17.5. The predicted molar refractivity (Wildman–Crippen MR) is 116 cm³/mol.